The van der Waals surface area contributed by atoms with Gasteiger partial charge in [0.2, 0.25) is 0 Å². The Bertz CT molecular complexity index is 838. The number of rotatable bonds is 5. The van der Waals surface area contributed by atoms with Crippen molar-refractivity contribution in [3.63, 3.8) is 0 Å². The maximum absolute atomic E-state index is 13.1. The highest BCUT2D eigenvalue weighted by Crippen LogP contribution is 2.22. The zero-order valence-corrected chi connectivity index (χ0v) is 14.3. The quantitative estimate of drug-likeness (QED) is 0.380. The predicted molar refractivity (Wildman–Crippen MR) is 92.9 cm³/mol. The summed E-state index contributed by atoms with van der Waals surface area (Å²) in [6.07, 6.45) is 1.11. The minimum absolute atomic E-state index is 0.0531. The molecule has 6 nitrogen and oxygen atoms in total. The molecule has 0 amide bonds. The second-order valence-corrected chi connectivity index (χ2v) is 5.53. The largest absolute Gasteiger partial charge is 0.399 e. The molecule has 0 aliphatic carbocycles. The van der Waals surface area contributed by atoms with Gasteiger partial charge in [-0.25, -0.2) is 8.78 Å². The van der Waals surface area contributed by atoms with Crippen molar-refractivity contribution in [1.82, 2.24) is 0 Å². The van der Waals surface area contributed by atoms with Gasteiger partial charge in [-0.1, -0.05) is 0 Å². The lowest BCUT2D eigenvalue weighted by molar-refractivity contribution is -0.385. The van der Waals surface area contributed by atoms with Crippen molar-refractivity contribution >= 4 is 23.9 Å². The molecule has 0 aliphatic rings. The van der Waals surface area contributed by atoms with Crippen molar-refractivity contribution in [2.24, 2.45) is 0 Å². The summed E-state index contributed by atoms with van der Waals surface area (Å²) in [5.41, 5.74) is 7.25. The van der Waals surface area contributed by atoms with Crippen LogP contribution in [0.15, 0.2) is 24.3 Å². The number of nitrogens with zero attached hydrogens (tertiary/aromatic N) is 1. The van der Waals surface area contributed by atoms with Crippen molar-refractivity contribution < 1.29 is 23.3 Å². The number of anilines is 1. The molecular weight excluding hydrogens is 346 g/mol. The molecule has 2 rings (SSSR count). The Morgan fingerprint density at radius 2 is 1.42 bits per heavy atom. The van der Waals surface area contributed by atoms with Crippen LogP contribution >= 0.6 is 0 Å². The van der Waals surface area contributed by atoms with E-state index in [1.165, 1.54) is 19.1 Å². The van der Waals surface area contributed by atoms with Crippen molar-refractivity contribution in [3.05, 3.63) is 68.3 Å². The van der Waals surface area contributed by atoms with Gasteiger partial charge in [-0.15, -0.1) is 0 Å². The van der Waals surface area contributed by atoms with Gasteiger partial charge in [0.05, 0.1) is 4.92 Å². The number of aryl methyl sites for hydroxylation is 2. The zero-order chi connectivity index (χ0) is 19.9. The van der Waals surface area contributed by atoms with E-state index in [1.807, 2.05) is 0 Å². The van der Waals surface area contributed by atoms with Crippen LogP contribution in [0.25, 0.3) is 0 Å². The van der Waals surface area contributed by atoms with Crippen LogP contribution in [0.4, 0.5) is 20.2 Å². The molecule has 2 aromatic carbocycles. The fourth-order valence-electron chi connectivity index (χ4n) is 2.13. The molecule has 0 heterocycles. The molecule has 0 fully saturated rings. The topological polar surface area (TPSA) is 103 Å². The molecule has 0 aromatic heterocycles. The molecule has 0 aliphatic heterocycles. The summed E-state index contributed by atoms with van der Waals surface area (Å²) in [4.78, 5) is 30.2. The van der Waals surface area contributed by atoms with Crippen LogP contribution in [0.2, 0.25) is 0 Å². The number of nitrogens with two attached hydrogens (primary N) is 1. The lowest BCUT2D eigenvalue weighted by Crippen LogP contribution is -1.98. The minimum atomic E-state index is -0.594. The average Bonchev–Trinajstić information content (AvgIpc) is 2.56. The number of halogens is 2. The number of carbonyl (C=O) groups is 2. The van der Waals surface area contributed by atoms with Gasteiger partial charge in [0.15, 0.2) is 0 Å². The molecule has 2 aromatic rings. The maximum atomic E-state index is 13.1. The van der Waals surface area contributed by atoms with Crippen LogP contribution in [-0.2, 0) is 22.4 Å². The third-order valence-corrected chi connectivity index (χ3v) is 3.60. The Labute approximate surface area is 148 Å². The number of carbonyl (C=O) groups excluding carboxylic acids is 2. The van der Waals surface area contributed by atoms with Crippen LogP contribution in [0.1, 0.15) is 22.3 Å². The van der Waals surface area contributed by atoms with E-state index < -0.39 is 10.7 Å². The number of nitrogen functional groups attached to an aromatic ring is 1. The van der Waals surface area contributed by atoms with E-state index in [0.717, 1.165) is 12.1 Å². The van der Waals surface area contributed by atoms with Crippen molar-refractivity contribution in [3.8, 4) is 0 Å². The van der Waals surface area contributed by atoms with Crippen LogP contribution in [0.3, 0.4) is 0 Å². The molecule has 0 radical (unpaired) electrons. The number of aldehydes is 2. The smallest absolute Gasteiger partial charge is 0.272 e. The third-order valence-electron chi connectivity index (χ3n) is 3.60. The first-order valence-electron chi connectivity index (χ1n) is 7.56. The fourth-order valence-corrected chi connectivity index (χ4v) is 2.13. The Balaban J connectivity index is 0.000000263. The van der Waals surface area contributed by atoms with Crippen LogP contribution in [0.5, 0.6) is 0 Å². The number of benzene rings is 2. The molecule has 2 N–H and O–H groups in total. The Morgan fingerprint density at radius 3 is 1.88 bits per heavy atom. The third kappa shape index (κ3) is 5.44. The van der Waals surface area contributed by atoms with Crippen LogP contribution in [-0.4, -0.2) is 17.5 Å². The van der Waals surface area contributed by atoms with E-state index >= 15 is 0 Å². The first-order chi connectivity index (χ1) is 12.2. The van der Waals surface area contributed by atoms with E-state index in [2.05, 4.69) is 0 Å². The second kappa shape index (κ2) is 9.36. The summed E-state index contributed by atoms with van der Waals surface area (Å²) in [7, 11) is 0. The highest BCUT2D eigenvalue weighted by atomic mass is 19.1. The first kappa shape index (κ1) is 20.9. The average molecular weight is 364 g/mol. The molecule has 0 bridgehead atoms. The van der Waals surface area contributed by atoms with Crippen molar-refractivity contribution in [2.75, 3.05) is 5.73 Å². The molecule has 0 unspecified atom stereocenters. The van der Waals surface area contributed by atoms with E-state index in [9.17, 15) is 28.5 Å². The lowest BCUT2D eigenvalue weighted by atomic mass is 10.1. The highest BCUT2D eigenvalue weighted by molar-refractivity contribution is 5.59. The Kier molecular flexibility index (Phi) is 7.52. The Hall–Kier alpha value is -3.16. The van der Waals surface area contributed by atoms with Crippen molar-refractivity contribution in [1.29, 1.82) is 0 Å². The van der Waals surface area contributed by atoms with Gasteiger partial charge in [0.25, 0.3) is 5.69 Å². The number of nitro groups is 1. The zero-order valence-electron chi connectivity index (χ0n) is 14.3. The summed E-state index contributed by atoms with van der Waals surface area (Å²) in [5, 5.41) is 10.5. The summed E-state index contributed by atoms with van der Waals surface area (Å²) in [6.45, 7) is 3.18. The van der Waals surface area contributed by atoms with Crippen molar-refractivity contribution in [2.45, 2.75) is 26.7 Å². The summed E-state index contributed by atoms with van der Waals surface area (Å²) in [5.74, 6) is -0.950. The van der Waals surface area contributed by atoms with Gasteiger partial charge in [0.1, 0.15) is 24.2 Å². The molecule has 0 saturated carbocycles. The SMILES string of the molecule is Cc1cc(F)c(CC=O)cc1N.Cc1cc(F)c(CC=O)cc1[N+](=O)[O-]. The maximum Gasteiger partial charge on any atom is 0.272 e. The van der Waals surface area contributed by atoms with Gasteiger partial charge in [-0.05, 0) is 43.2 Å². The van der Waals surface area contributed by atoms with E-state index in [4.69, 9.17) is 5.73 Å². The number of hydrogen-bond donors (Lipinski definition) is 1. The summed E-state index contributed by atoms with van der Waals surface area (Å²) < 4.78 is 26.1. The minimum Gasteiger partial charge on any atom is -0.399 e. The van der Waals surface area contributed by atoms with Gasteiger partial charge < -0.3 is 15.3 Å². The molecule has 0 spiro atoms. The van der Waals surface area contributed by atoms with Gasteiger partial charge >= 0.3 is 0 Å². The summed E-state index contributed by atoms with van der Waals surface area (Å²) in [6, 6.07) is 5.00. The second-order valence-electron chi connectivity index (χ2n) is 5.53. The molecular formula is C18H18F2N2O4. The molecule has 8 heteroatoms. The molecule has 0 saturated heterocycles. The monoisotopic (exact) mass is 364 g/mol. The van der Waals surface area contributed by atoms with Crippen LogP contribution < -0.4 is 5.73 Å². The fraction of sp³-hybridized carbons (Fsp3) is 0.222. The lowest BCUT2D eigenvalue weighted by Gasteiger charge is -2.03. The number of nitro benzene ring substituents is 1. The predicted octanol–water partition coefficient (Wildman–Crippen LogP) is 3.24. The molecule has 138 valence electrons. The molecule has 26 heavy (non-hydrogen) atoms. The normalized spacial score (nSPS) is 9.85. The van der Waals surface area contributed by atoms with Gasteiger partial charge in [0, 0.05) is 35.7 Å². The summed E-state index contributed by atoms with van der Waals surface area (Å²) >= 11 is 0. The number of hydrogen-bond acceptors (Lipinski definition) is 5. The van der Waals surface area contributed by atoms with Gasteiger partial charge in [-0.2, -0.15) is 0 Å². The van der Waals surface area contributed by atoms with E-state index in [-0.39, 0.29) is 35.5 Å². The highest BCUT2D eigenvalue weighted by Gasteiger charge is 2.14. The standard InChI is InChI=1S/C9H8FNO3.C9H10FNO/c1-6-4-8(10)7(2-3-12)5-9(6)11(13)14;1-6-4-8(10)7(2-3-12)5-9(6)11/h3-5H,2H2,1H3;3-5H,2,11H2,1H3. The first-order valence-corrected chi connectivity index (χ1v) is 7.56. The molecule has 0 atom stereocenters. The van der Waals surface area contributed by atoms with Crippen LogP contribution in [0, 0.1) is 35.6 Å². The van der Waals surface area contributed by atoms with E-state index in [1.54, 1.807) is 6.92 Å². The Morgan fingerprint density at radius 1 is 0.962 bits per heavy atom. The van der Waals surface area contributed by atoms with E-state index in [0.29, 0.717) is 29.4 Å². The van der Waals surface area contributed by atoms with Gasteiger partial charge in [-0.3, -0.25) is 10.1 Å².